The van der Waals surface area contributed by atoms with E-state index in [0.29, 0.717) is 25.8 Å². The molecule has 0 bridgehead atoms. The molecule has 7 heteroatoms. The van der Waals surface area contributed by atoms with Crippen LogP contribution < -0.4 is 5.32 Å². The second-order valence-corrected chi connectivity index (χ2v) is 9.86. The average molecular weight is 479 g/mol. The molecule has 2 amide bonds. The number of rotatable bonds is 8. The summed E-state index contributed by atoms with van der Waals surface area (Å²) >= 11 is 0. The number of hydrogen-bond donors (Lipinski definition) is 2. The topological polar surface area (TPSA) is 95.9 Å². The molecule has 2 aliphatic rings. The van der Waals surface area contributed by atoms with Crippen LogP contribution in [0.25, 0.3) is 11.1 Å². The molecule has 2 unspecified atom stereocenters. The monoisotopic (exact) mass is 478 g/mol. The SMILES string of the molecule is CCC1(C(=O)O)CCCN1C(=O)CC(NC(=O)OCC1c2ccccc2-c2ccccc21)C(C)C. The van der Waals surface area contributed by atoms with Crippen LogP contribution >= 0.6 is 0 Å². The quantitative estimate of drug-likeness (QED) is 0.568. The Morgan fingerprint density at radius 2 is 1.69 bits per heavy atom. The average Bonchev–Trinajstić information content (AvgIpc) is 3.43. The Labute approximate surface area is 206 Å². The Morgan fingerprint density at radius 3 is 2.23 bits per heavy atom. The molecule has 7 nitrogen and oxygen atoms in total. The lowest BCUT2D eigenvalue weighted by Gasteiger charge is -2.35. The van der Waals surface area contributed by atoms with Gasteiger partial charge in [-0.2, -0.15) is 0 Å². The number of fused-ring (bicyclic) bond motifs is 3. The van der Waals surface area contributed by atoms with E-state index < -0.39 is 23.6 Å². The van der Waals surface area contributed by atoms with Crippen molar-refractivity contribution >= 4 is 18.0 Å². The molecular formula is C28H34N2O5. The Kier molecular flexibility index (Phi) is 7.15. The molecular weight excluding hydrogens is 444 g/mol. The van der Waals surface area contributed by atoms with E-state index >= 15 is 0 Å². The van der Waals surface area contributed by atoms with Crippen molar-refractivity contribution in [2.45, 2.75) is 64.0 Å². The molecule has 1 aliphatic carbocycles. The van der Waals surface area contributed by atoms with Crippen molar-refractivity contribution < 1.29 is 24.2 Å². The first-order valence-electron chi connectivity index (χ1n) is 12.4. The summed E-state index contributed by atoms with van der Waals surface area (Å²) in [5, 5.41) is 12.7. The lowest BCUT2D eigenvalue weighted by molar-refractivity contribution is -0.157. The Balaban J connectivity index is 1.40. The summed E-state index contributed by atoms with van der Waals surface area (Å²) in [5.41, 5.74) is 3.44. The lowest BCUT2D eigenvalue weighted by Crippen LogP contribution is -2.54. The van der Waals surface area contributed by atoms with E-state index in [1.807, 2.05) is 38.1 Å². The molecule has 2 atom stereocenters. The maximum atomic E-state index is 13.1. The molecule has 1 aliphatic heterocycles. The van der Waals surface area contributed by atoms with Crippen LogP contribution in [-0.4, -0.2) is 52.7 Å². The van der Waals surface area contributed by atoms with Crippen molar-refractivity contribution in [1.82, 2.24) is 10.2 Å². The number of nitrogens with one attached hydrogen (secondary N) is 1. The molecule has 2 aromatic carbocycles. The zero-order chi connectivity index (χ0) is 25.2. The smallest absolute Gasteiger partial charge is 0.407 e. The van der Waals surface area contributed by atoms with Crippen molar-refractivity contribution in [3.8, 4) is 11.1 Å². The number of nitrogens with zero attached hydrogens (tertiary/aromatic N) is 1. The van der Waals surface area contributed by atoms with E-state index in [4.69, 9.17) is 4.74 Å². The maximum absolute atomic E-state index is 13.1. The summed E-state index contributed by atoms with van der Waals surface area (Å²) in [5.74, 6) is -1.28. The zero-order valence-electron chi connectivity index (χ0n) is 20.6. The highest BCUT2D eigenvalue weighted by atomic mass is 16.5. The number of alkyl carbamates (subject to hydrolysis) is 1. The number of likely N-dealkylation sites (tertiary alicyclic amines) is 1. The van der Waals surface area contributed by atoms with Crippen LogP contribution in [0, 0.1) is 5.92 Å². The predicted octanol–water partition coefficient (Wildman–Crippen LogP) is 4.80. The standard InChI is InChI=1S/C28H34N2O5/c1-4-28(26(32)33)14-9-15-30(28)25(31)16-24(18(2)3)29-27(34)35-17-23-21-12-7-5-10-19(21)20-11-6-8-13-22(20)23/h5-8,10-13,18,23-24H,4,9,14-17H2,1-3H3,(H,29,34)(H,32,33). The summed E-state index contributed by atoms with van der Waals surface area (Å²) in [7, 11) is 0. The van der Waals surface area contributed by atoms with Gasteiger partial charge in [0.05, 0.1) is 0 Å². The lowest BCUT2D eigenvalue weighted by atomic mass is 9.92. The first-order valence-corrected chi connectivity index (χ1v) is 12.4. The minimum atomic E-state index is -1.15. The summed E-state index contributed by atoms with van der Waals surface area (Å²) in [6.45, 7) is 6.28. The molecule has 0 aromatic heterocycles. The number of aliphatic carboxylic acids is 1. The largest absolute Gasteiger partial charge is 0.479 e. The summed E-state index contributed by atoms with van der Waals surface area (Å²) < 4.78 is 5.66. The Hall–Kier alpha value is -3.35. The number of carbonyl (C=O) groups excluding carboxylic acids is 2. The van der Waals surface area contributed by atoms with Gasteiger partial charge in [-0.05, 0) is 47.4 Å². The van der Waals surface area contributed by atoms with E-state index in [0.717, 1.165) is 22.3 Å². The highest BCUT2D eigenvalue weighted by Gasteiger charge is 2.48. The minimum absolute atomic E-state index is 0.0251. The van der Waals surface area contributed by atoms with Gasteiger partial charge < -0.3 is 20.1 Å². The number of carbonyl (C=O) groups is 3. The van der Waals surface area contributed by atoms with Crippen molar-refractivity contribution in [3.05, 3.63) is 59.7 Å². The van der Waals surface area contributed by atoms with Gasteiger partial charge >= 0.3 is 12.1 Å². The summed E-state index contributed by atoms with van der Waals surface area (Å²) in [6, 6.07) is 15.8. The van der Waals surface area contributed by atoms with Crippen LogP contribution in [-0.2, 0) is 14.3 Å². The van der Waals surface area contributed by atoms with Gasteiger partial charge in [-0.15, -0.1) is 0 Å². The van der Waals surface area contributed by atoms with Gasteiger partial charge in [0.15, 0.2) is 0 Å². The summed E-state index contributed by atoms with van der Waals surface area (Å²) in [6.07, 6.45) is 0.950. The third-order valence-electron chi connectivity index (χ3n) is 7.62. The zero-order valence-corrected chi connectivity index (χ0v) is 20.6. The van der Waals surface area contributed by atoms with E-state index in [1.54, 1.807) is 6.92 Å². The second kappa shape index (κ2) is 10.1. The number of ether oxygens (including phenoxy) is 1. The normalized spacial score (nSPS) is 19.8. The molecule has 0 saturated carbocycles. The van der Waals surface area contributed by atoms with Gasteiger partial charge in [-0.3, -0.25) is 4.79 Å². The fourth-order valence-corrected chi connectivity index (χ4v) is 5.53. The first kappa shape index (κ1) is 24.8. The minimum Gasteiger partial charge on any atom is -0.479 e. The highest BCUT2D eigenvalue weighted by molar-refractivity contribution is 5.88. The van der Waals surface area contributed by atoms with Crippen molar-refractivity contribution in [2.75, 3.05) is 13.2 Å². The number of benzene rings is 2. The van der Waals surface area contributed by atoms with Gasteiger partial charge in [0.1, 0.15) is 12.1 Å². The first-order chi connectivity index (χ1) is 16.8. The van der Waals surface area contributed by atoms with Crippen molar-refractivity contribution in [1.29, 1.82) is 0 Å². The summed E-state index contributed by atoms with van der Waals surface area (Å²) in [4.78, 5) is 39.4. The van der Waals surface area contributed by atoms with Crippen LogP contribution in [0.15, 0.2) is 48.5 Å². The maximum Gasteiger partial charge on any atom is 0.407 e. The highest BCUT2D eigenvalue weighted by Crippen LogP contribution is 2.44. The number of amides is 2. The van der Waals surface area contributed by atoms with Crippen LogP contribution in [0.1, 0.15) is 63.5 Å². The van der Waals surface area contributed by atoms with Crippen molar-refractivity contribution in [3.63, 3.8) is 0 Å². The Bertz CT molecular complexity index is 1070. The van der Waals surface area contributed by atoms with Gasteiger partial charge in [-0.25, -0.2) is 9.59 Å². The third-order valence-corrected chi connectivity index (χ3v) is 7.62. The molecule has 1 fully saturated rings. The molecule has 1 heterocycles. The third kappa shape index (κ3) is 4.64. The molecule has 2 aromatic rings. The molecule has 0 radical (unpaired) electrons. The van der Waals surface area contributed by atoms with Crippen LogP contribution in [0.5, 0.6) is 0 Å². The fourth-order valence-electron chi connectivity index (χ4n) is 5.53. The van der Waals surface area contributed by atoms with Crippen LogP contribution in [0.3, 0.4) is 0 Å². The van der Waals surface area contributed by atoms with E-state index in [-0.39, 0.29) is 30.8 Å². The Morgan fingerprint density at radius 1 is 1.09 bits per heavy atom. The molecule has 186 valence electrons. The van der Waals surface area contributed by atoms with Crippen molar-refractivity contribution in [2.24, 2.45) is 5.92 Å². The van der Waals surface area contributed by atoms with Crippen LogP contribution in [0.2, 0.25) is 0 Å². The van der Waals surface area contributed by atoms with Gasteiger partial charge in [-0.1, -0.05) is 69.3 Å². The number of hydrogen-bond acceptors (Lipinski definition) is 4. The van der Waals surface area contributed by atoms with E-state index in [2.05, 4.69) is 29.6 Å². The molecule has 4 rings (SSSR count). The van der Waals surface area contributed by atoms with Gasteiger partial charge in [0.25, 0.3) is 0 Å². The van der Waals surface area contributed by atoms with E-state index in [9.17, 15) is 19.5 Å². The molecule has 1 saturated heterocycles. The van der Waals surface area contributed by atoms with Gasteiger partial charge in [0.2, 0.25) is 5.91 Å². The molecule has 2 N–H and O–H groups in total. The fraction of sp³-hybridized carbons (Fsp3) is 0.464. The molecule has 0 spiro atoms. The second-order valence-electron chi connectivity index (χ2n) is 9.86. The molecule has 35 heavy (non-hydrogen) atoms. The van der Waals surface area contributed by atoms with Crippen LogP contribution in [0.4, 0.5) is 4.79 Å². The predicted molar refractivity (Wildman–Crippen MR) is 133 cm³/mol. The van der Waals surface area contributed by atoms with Gasteiger partial charge in [0, 0.05) is 24.9 Å². The van der Waals surface area contributed by atoms with E-state index in [1.165, 1.54) is 4.90 Å². The number of carboxylic acids is 1. The number of carboxylic acid groups (broad SMARTS) is 1.